The van der Waals surface area contributed by atoms with Crippen molar-refractivity contribution >= 4 is 34.7 Å². The van der Waals surface area contributed by atoms with Crippen LogP contribution < -0.4 is 4.90 Å². The molecule has 1 aromatic carbocycles. The summed E-state index contributed by atoms with van der Waals surface area (Å²) in [5, 5.41) is 11.9. The molecular weight excluding hydrogens is 353 g/mol. The lowest BCUT2D eigenvalue weighted by Crippen LogP contribution is -2.38. The molecule has 0 bridgehead atoms. The fourth-order valence-corrected chi connectivity index (χ4v) is 2.98. The minimum Gasteiger partial charge on any atom is -0.370 e. The van der Waals surface area contributed by atoms with E-state index in [1.165, 1.54) is 6.20 Å². The van der Waals surface area contributed by atoms with Crippen molar-refractivity contribution < 1.29 is 9.66 Å². The molecular formula is C16H15Cl2N3O3. The molecule has 0 N–H and O–H groups in total. The lowest BCUT2D eigenvalue weighted by molar-refractivity contribution is -0.385. The molecule has 1 atom stereocenters. The minimum absolute atomic E-state index is 0.0213. The van der Waals surface area contributed by atoms with Crippen molar-refractivity contribution in [3.63, 3.8) is 0 Å². The lowest BCUT2D eigenvalue weighted by Gasteiger charge is -2.34. The molecule has 1 aliphatic heterocycles. The normalized spacial score (nSPS) is 17.8. The standard InChI is InChI=1S/C16H15Cl2N3O3/c1-10-6-16(19-8-14(10)21(22)23)20-4-5-24-15(9-20)11-2-3-12(17)13(18)7-11/h2-3,6-8,15H,4-5,9H2,1H3. The van der Waals surface area contributed by atoms with Crippen molar-refractivity contribution in [2.45, 2.75) is 13.0 Å². The van der Waals surface area contributed by atoms with Crippen molar-refractivity contribution in [3.05, 3.63) is 61.7 Å². The molecule has 0 saturated carbocycles. The van der Waals surface area contributed by atoms with E-state index >= 15 is 0 Å². The number of nitrogens with zero attached hydrogens (tertiary/aromatic N) is 3. The first-order chi connectivity index (χ1) is 11.5. The Labute approximate surface area is 149 Å². The lowest BCUT2D eigenvalue weighted by atomic mass is 10.1. The Morgan fingerprint density at radius 2 is 2.12 bits per heavy atom. The van der Waals surface area contributed by atoms with E-state index in [1.807, 2.05) is 11.0 Å². The van der Waals surface area contributed by atoms with Gasteiger partial charge in [-0.05, 0) is 30.7 Å². The maximum Gasteiger partial charge on any atom is 0.290 e. The molecule has 1 aliphatic rings. The average molecular weight is 368 g/mol. The van der Waals surface area contributed by atoms with Gasteiger partial charge in [0.05, 0.1) is 21.6 Å². The SMILES string of the molecule is Cc1cc(N2CCOC(c3ccc(Cl)c(Cl)c3)C2)ncc1[N+](=O)[O-]. The molecule has 126 valence electrons. The van der Waals surface area contributed by atoms with Crippen molar-refractivity contribution in [2.75, 3.05) is 24.6 Å². The van der Waals surface area contributed by atoms with Gasteiger partial charge in [0, 0.05) is 18.7 Å². The fraction of sp³-hybridized carbons (Fsp3) is 0.312. The summed E-state index contributed by atoms with van der Waals surface area (Å²) < 4.78 is 5.82. The number of nitro groups is 1. The van der Waals surface area contributed by atoms with E-state index in [0.717, 1.165) is 5.56 Å². The smallest absolute Gasteiger partial charge is 0.290 e. The van der Waals surface area contributed by atoms with E-state index in [9.17, 15) is 10.1 Å². The van der Waals surface area contributed by atoms with Gasteiger partial charge in [-0.15, -0.1) is 0 Å². The van der Waals surface area contributed by atoms with Crippen LogP contribution in [0.1, 0.15) is 17.2 Å². The third-order valence-electron chi connectivity index (χ3n) is 3.97. The van der Waals surface area contributed by atoms with Crippen LogP contribution in [-0.4, -0.2) is 29.6 Å². The van der Waals surface area contributed by atoms with E-state index in [4.69, 9.17) is 27.9 Å². The number of aromatic nitrogens is 1. The van der Waals surface area contributed by atoms with E-state index in [2.05, 4.69) is 4.98 Å². The highest BCUT2D eigenvalue weighted by Crippen LogP contribution is 2.31. The van der Waals surface area contributed by atoms with Crippen LogP contribution in [0.4, 0.5) is 11.5 Å². The van der Waals surface area contributed by atoms with Crippen LogP contribution in [0.25, 0.3) is 0 Å². The number of morpholine rings is 1. The van der Waals surface area contributed by atoms with Crippen LogP contribution in [-0.2, 0) is 4.74 Å². The summed E-state index contributed by atoms with van der Waals surface area (Å²) in [6.07, 6.45) is 1.14. The quantitative estimate of drug-likeness (QED) is 0.601. The van der Waals surface area contributed by atoms with Crippen molar-refractivity contribution in [1.29, 1.82) is 0 Å². The number of anilines is 1. The average Bonchev–Trinajstić information content (AvgIpc) is 2.57. The first-order valence-electron chi connectivity index (χ1n) is 7.38. The van der Waals surface area contributed by atoms with Gasteiger partial charge in [0.1, 0.15) is 18.1 Å². The van der Waals surface area contributed by atoms with Gasteiger partial charge in [0.15, 0.2) is 0 Å². The number of hydrogen-bond acceptors (Lipinski definition) is 5. The second-order valence-corrected chi connectivity index (χ2v) is 6.38. The van der Waals surface area contributed by atoms with Gasteiger partial charge in [0.2, 0.25) is 0 Å². The van der Waals surface area contributed by atoms with Crippen molar-refractivity contribution in [2.24, 2.45) is 0 Å². The Bertz CT molecular complexity index is 785. The summed E-state index contributed by atoms with van der Waals surface area (Å²) in [6.45, 7) is 3.49. The molecule has 1 aromatic heterocycles. The number of pyridine rings is 1. The van der Waals surface area contributed by atoms with Crippen LogP contribution in [0.2, 0.25) is 10.0 Å². The molecule has 1 saturated heterocycles. The van der Waals surface area contributed by atoms with Gasteiger partial charge in [-0.25, -0.2) is 4.98 Å². The maximum atomic E-state index is 10.9. The Kier molecular flexibility index (Phi) is 4.89. The number of rotatable bonds is 3. The summed E-state index contributed by atoms with van der Waals surface area (Å²) in [7, 11) is 0. The van der Waals surface area contributed by atoms with E-state index in [0.29, 0.717) is 41.1 Å². The molecule has 0 amide bonds. The zero-order valence-electron chi connectivity index (χ0n) is 12.9. The van der Waals surface area contributed by atoms with Crippen LogP contribution in [0, 0.1) is 17.0 Å². The zero-order valence-corrected chi connectivity index (χ0v) is 14.4. The largest absolute Gasteiger partial charge is 0.370 e. The molecule has 2 aromatic rings. The molecule has 24 heavy (non-hydrogen) atoms. The van der Waals surface area contributed by atoms with E-state index < -0.39 is 4.92 Å². The molecule has 0 aliphatic carbocycles. The Balaban J connectivity index is 1.81. The van der Waals surface area contributed by atoms with Crippen LogP contribution in [0.5, 0.6) is 0 Å². The monoisotopic (exact) mass is 367 g/mol. The molecule has 2 heterocycles. The third-order valence-corrected chi connectivity index (χ3v) is 4.71. The predicted octanol–water partition coefficient (Wildman–Crippen LogP) is 4.18. The summed E-state index contributed by atoms with van der Waals surface area (Å²) in [5.41, 5.74) is 1.54. The number of ether oxygens (including phenoxy) is 1. The van der Waals surface area contributed by atoms with Crippen LogP contribution >= 0.6 is 23.2 Å². The summed E-state index contributed by atoms with van der Waals surface area (Å²) in [6, 6.07) is 7.16. The maximum absolute atomic E-state index is 10.9. The van der Waals surface area contributed by atoms with Gasteiger partial charge in [-0.3, -0.25) is 10.1 Å². The summed E-state index contributed by atoms with van der Waals surface area (Å²) >= 11 is 12.0. The van der Waals surface area contributed by atoms with Crippen molar-refractivity contribution in [1.82, 2.24) is 4.98 Å². The Hall–Kier alpha value is -1.89. The predicted molar refractivity (Wildman–Crippen MR) is 93.0 cm³/mol. The van der Waals surface area contributed by atoms with Crippen molar-refractivity contribution in [3.8, 4) is 0 Å². The highest BCUT2D eigenvalue weighted by atomic mass is 35.5. The fourth-order valence-electron chi connectivity index (χ4n) is 2.67. The second kappa shape index (κ2) is 6.93. The van der Waals surface area contributed by atoms with Gasteiger partial charge < -0.3 is 9.64 Å². The molecule has 0 radical (unpaired) electrons. The molecule has 1 unspecified atom stereocenters. The first kappa shape index (κ1) is 17.0. The first-order valence-corrected chi connectivity index (χ1v) is 8.14. The molecule has 8 heteroatoms. The second-order valence-electron chi connectivity index (χ2n) is 5.57. The number of hydrogen-bond donors (Lipinski definition) is 0. The van der Waals surface area contributed by atoms with E-state index in [1.54, 1.807) is 25.1 Å². The van der Waals surface area contributed by atoms with Crippen LogP contribution in [0.3, 0.4) is 0 Å². The highest BCUT2D eigenvalue weighted by Gasteiger charge is 2.24. The number of benzene rings is 1. The molecule has 6 nitrogen and oxygen atoms in total. The highest BCUT2D eigenvalue weighted by molar-refractivity contribution is 6.42. The summed E-state index contributed by atoms with van der Waals surface area (Å²) in [4.78, 5) is 16.8. The Morgan fingerprint density at radius 3 is 2.79 bits per heavy atom. The third kappa shape index (κ3) is 3.45. The van der Waals surface area contributed by atoms with Crippen LogP contribution in [0.15, 0.2) is 30.5 Å². The zero-order chi connectivity index (χ0) is 17.3. The van der Waals surface area contributed by atoms with Gasteiger partial charge in [0.25, 0.3) is 5.69 Å². The Morgan fingerprint density at radius 1 is 1.33 bits per heavy atom. The van der Waals surface area contributed by atoms with E-state index in [-0.39, 0.29) is 11.8 Å². The number of halogens is 2. The number of aryl methyl sites for hydroxylation is 1. The van der Waals surface area contributed by atoms with Gasteiger partial charge in [-0.2, -0.15) is 0 Å². The minimum atomic E-state index is -0.427. The molecule has 0 spiro atoms. The van der Waals surface area contributed by atoms with Gasteiger partial charge >= 0.3 is 0 Å². The molecule has 3 rings (SSSR count). The summed E-state index contributed by atoms with van der Waals surface area (Å²) in [5.74, 6) is 0.700. The molecule has 1 fully saturated rings. The topological polar surface area (TPSA) is 68.5 Å². The van der Waals surface area contributed by atoms with Gasteiger partial charge in [-0.1, -0.05) is 29.3 Å².